The van der Waals surface area contributed by atoms with E-state index in [1.54, 1.807) is 6.07 Å². The number of ether oxygens (including phenoxy) is 1. The maximum atomic E-state index is 11.4. The standard InChI is InChI=1S/C14H21NO2/c1-9(2)11(4)15-13-8-12(14(16)17-5)7-6-10(13)3/h6-9,11,15H,1-5H3. The van der Waals surface area contributed by atoms with Gasteiger partial charge in [-0.1, -0.05) is 19.9 Å². The van der Waals surface area contributed by atoms with Gasteiger partial charge in [-0.3, -0.25) is 0 Å². The molecular weight excluding hydrogens is 214 g/mol. The number of rotatable bonds is 4. The number of hydrogen-bond acceptors (Lipinski definition) is 3. The fourth-order valence-electron chi connectivity index (χ4n) is 1.43. The Morgan fingerprint density at radius 3 is 2.47 bits per heavy atom. The molecule has 0 radical (unpaired) electrons. The Morgan fingerprint density at radius 2 is 1.94 bits per heavy atom. The van der Waals surface area contributed by atoms with E-state index in [9.17, 15) is 4.79 Å². The highest BCUT2D eigenvalue weighted by molar-refractivity contribution is 5.90. The zero-order valence-electron chi connectivity index (χ0n) is 11.2. The molecule has 0 bridgehead atoms. The first-order chi connectivity index (χ1) is 7.95. The molecule has 0 spiro atoms. The normalized spacial score (nSPS) is 12.4. The van der Waals surface area contributed by atoms with Gasteiger partial charge in [0.1, 0.15) is 0 Å². The zero-order valence-corrected chi connectivity index (χ0v) is 11.2. The van der Waals surface area contributed by atoms with Crippen molar-refractivity contribution >= 4 is 11.7 Å². The summed E-state index contributed by atoms with van der Waals surface area (Å²) in [6.07, 6.45) is 0. The minimum absolute atomic E-state index is 0.301. The Morgan fingerprint density at radius 1 is 1.29 bits per heavy atom. The van der Waals surface area contributed by atoms with E-state index in [-0.39, 0.29) is 5.97 Å². The molecule has 0 aliphatic heterocycles. The van der Waals surface area contributed by atoms with E-state index in [0.29, 0.717) is 17.5 Å². The molecule has 3 nitrogen and oxygen atoms in total. The van der Waals surface area contributed by atoms with Crippen LogP contribution in [0.5, 0.6) is 0 Å². The molecule has 0 aliphatic carbocycles. The van der Waals surface area contributed by atoms with E-state index in [0.717, 1.165) is 11.3 Å². The van der Waals surface area contributed by atoms with Crippen LogP contribution >= 0.6 is 0 Å². The van der Waals surface area contributed by atoms with Gasteiger partial charge in [-0.05, 0) is 37.5 Å². The summed E-state index contributed by atoms with van der Waals surface area (Å²) >= 11 is 0. The number of aryl methyl sites for hydroxylation is 1. The summed E-state index contributed by atoms with van der Waals surface area (Å²) in [6, 6.07) is 5.93. The lowest BCUT2D eigenvalue weighted by Gasteiger charge is -2.20. The molecule has 1 rings (SSSR count). The summed E-state index contributed by atoms with van der Waals surface area (Å²) in [5.74, 6) is 0.237. The average Bonchev–Trinajstić information content (AvgIpc) is 2.30. The van der Waals surface area contributed by atoms with Crippen molar-refractivity contribution in [3.8, 4) is 0 Å². The Kier molecular flexibility index (Phi) is 4.55. The van der Waals surface area contributed by atoms with Crippen LogP contribution in [0.1, 0.15) is 36.7 Å². The van der Waals surface area contributed by atoms with Crippen molar-refractivity contribution in [1.82, 2.24) is 0 Å². The lowest BCUT2D eigenvalue weighted by molar-refractivity contribution is 0.0601. The number of anilines is 1. The van der Waals surface area contributed by atoms with Crippen LogP contribution in [-0.4, -0.2) is 19.1 Å². The summed E-state index contributed by atoms with van der Waals surface area (Å²) in [4.78, 5) is 11.4. The molecular formula is C14H21NO2. The Bertz CT molecular complexity index is 399. The van der Waals surface area contributed by atoms with Gasteiger partial charge < -0.3 is 10.1 Å². The summed E-state index contributed by atoms with van der Waals surface area (Å²) in [5, 5.41) is 3.42. The molecule has 1 N–H and O–H groups in total. The first kappa shape index (κ1) is 13.6. The van der Waals surface area contributed by atoms with Crippen molar-refractivity contribution in [3.05, 3.63) is 29.3 Å². The van der Waals surface area contributed by atoms with Crippen molar-refractivity contribution in [2.75, 3.05) is 12.4 Å². The number of carbonyl (C=O) groups excluding carboxylic acids is 1. The number of carbonyl (C=O) groups is 1. The predicted octanol–water partition coefficient (Wildman–Crippen LogP) is 3.24. The van der Waals surface area contributed by atoms with Crippen molar-refractivity contribution in [1.29, 1.82) is 0 Å². The third kappa shape index (κ3) is 3.48. The van der Waals surface area contributed by atoms with Crippen LogP contribution in [-0.2, 0) is 4.74 Å². The van der Waals surface area contributed by atoms with Gasteiger partial charge in [0.25, 0.3) is 0 Å². The van der Waals surface area contributed by atoms with E-state index in [1.165, 1.54) is 7.11 Å². The molecule has 3 heteroatoms. The maximum Gasteiger partial charge on any atom is 0.337 e. The van der Waals surface area contributed by atoms with Crippen molar-refractivity contribution in [2.45, 2.75) is 33.7 Å². The fourth-order valence-corrected chi connectivity index (χ4v) is 1.43. The van der Waals surface area contributed by atoms with E-state index >= 15 is 0 Å². The van der Waals surface area contributed by atoms with Gasteiger partial charge in [-0.25, -0.2) is 4.79 Å². The van der Waals surface area contributed by atoms with Gasteiger partial charge in [0.2, 0.25) is 0 Å². The molecule has 0 heterocycles. The van der Waals surface area contributed by atoms with Crippen LogP contribution in [0.25, 0.3) is 0 Å². The topological polar surface area (TPSA) is 38.3 Å². The third-order valence-corrected chi connectivity index (χ3v) is 3.04. The van der Waals surface area contributed by atoms with E-state index in [4.69, 9.17) is 4.74 Å². The smallest absolute Gasteiger partial charge is 0.337 e. The van der Waals surface area contributed by atoms with Gasteiger partial charge in [0.15, 0.2) is 0 Å². The quantitative estimate of drug-likeness (QED) is 0.814. The Balaban J connectivity index is 2.94. The molecule has 17 heavy (non-hydrogen) atoms. The average molecular weight is 235 g/mol. The minimum Gasteiger partial charge on any atom is -0.465 e. The molecule has 1 unspecified atom stereocenters. The number of nitrogens with one attached hydrogen (secondary N) is 1. The summed E-state index contributed by atoms with van der Waals surface area (Å²) in [7, 11) is 1.39. The monoisotopic (exact) mass is 235 g/mol. The molecule has 0 saturated heterocycles. The largest absolute Gasteiger partial charge is 0.465 e. The highest BCUT2D eigenvalue weighted by Gasteiger charge is 2.11. The predicted molar refractivity (Wildman–Crippen MR) is 70.4 cm³/mol. The molecule has 1 aromatic rings. The number of benzene rings is 1. The van der Waals surface area contributed by atoms with Crippen molar-refractivity contribution in [2.24, 2.45) is 5.92 Å². The van der Waals surface area contributed by atoms with Crippen LogP contribution in [0, 0.1) is 12.8 Å². The second-order valence-corrected chi connectivity index (χ2v) is 4.70. The van der Waals surface area contributed by atoms with Gasteiger partial charge in [-0.15, -0.1) is 0 Å². The van der Waals surface area contributed by atoms with Gasteiger partial charge >= 0.3 is 5.97 Å². The fraction of sp³-hybridized carbons (Fsp3) is 0.500. The number of esters is 1. The van der Waals surface area contributed by atoms with Gasteiger partial charge in [0.05, 0.1) is 12.7 Å². The highest BCUT2D eigenvalue weighted by atomic mass is 16.5. The second-order valence-electron chi connectivity index (χ2n) is 4.70. The SMILES string of the molecule is COC(=O)c1ccc(C)c(NC(C)C(C)C)c1. The first-order valence-electron chi connectivity index (χ1n) is 5.91. The van der Waals surface area contributed by atoms with E-state index in [1.807, 2.05) is 19.1 Å². The molecule has 0 amide bonds. The van der Waals surface area contributed by atoms with Crippen LogP contribution < -0.4 is 5.32 Å². The molecule has 0 aliphatic rings. The van der Waals surface area contributed by atoms with Gasteiger partial charge in [-0.2, -0.15) is 0 Å². The number of hydrogen-bond donors (Lipinski definition) is 1. The summed E-state index contributed by atoms with van der Waals surface area (Å²) in [5.41, 5.74) is 2.70. The van der Waals surface area contributed by atoms with Crippen LogP contribution in [0.4, 0.5) is 5.69 Å². The summed E-state index contributed by atoms with van der Waals surface area (Å²) < 4.78 is 4.72. The molecule has 94 valence electrons. The molecule has 0 aromatic heterocycles. The lowest BCUT2D eigenvalue weighted by atomic mass is 10.0. The Labute approximate surface area is 103 Å². The minimum atomic E-state index is -0.301. The van der Waals surface area contributed by atoms with Crippen molar-refractivity contribution < 1.29 is 9.53 Å². The Hall–Kier alpha value is -1.51. The molecule has 1 aromatic carbocycles. The zero-order chi connectivity index (χ0) is 13.0. The van der Waals surface area contributed by atoms with Gasteiger partial charge in [0, 0.05) is 11.7 Å². The van der Waals surface area contributed by atoms with E-state index < -0.39 is 0 Å². The number of methoxy groups -OCH3 is 1. The molecule has 0 fully saturated rings. The van der Waals surface area contributed by atoms with Crippen molar-refractivity contribution in [3.63, 3.8) is 0 Å². The first-order valence-corrected chi connectivity index (χ1v) is 5.91. The summed E-state index contributed by atoms with van der Waals surface area (Å²) in [6.45, 7) is 8.49. The van der Waals surface area contributed by atoms with E-state index in [2.05, 4.69) is 26.1 Å². The van der Waals surface area contributed by atoms with Crippen LogP contribution in [0.2, 0.25) is 0 Å². The maximum absolute atomic E-state index is 11.4. The lowest BCUT2D eigenvalue weighted by Crippen LogP contribution is -2.22. The second kappa shape index (κ2) is 5.71. The highest BCUT2D eigenvalue weighted by Crippen LogP contribution is 2.20. The van der Waals surface area contributed by atoms with Crippen LogP contribution in [0.15, 0.2) is 18.2 Å². The molecule has 1 atom stereocenters. The van der Waals surface area contributed by atoms with Crippen LogP contribution in [0.3, 0.4) is 0 Å². The third-order valence-electron chi connectivity index (χ3n) is 3.04. The molecule has 0 saturated carbocycles.